The van der Waals surface area contributed by atoms with Gasteiger partial charge in [-0.25, -0.2) is 9.59 Å². The minimum atomic E-state index is -0.703. The van der Waals surface area contributed by atoms with E-state index >= 15 is 0 Å². The second-order valence-electron chi connectivity index (χ2n) is 9.55. The van der Waals surface area contributed by atoms with Gasteiger partial charge in [0.05, 0.1) is 32.4 Å². The SMILES string of the molecule is CCOC(=O)C1=C(CN2CCN(C(=O)C3CCC3)CC2)N(CC)C(=O)NC1c1ccc(OC)c(OC)c1. The summed E-state index contributed by atoms with van der Waals surface area (Å²) in [5.74, 6) is 1.04. The van der Waals surface area contributed by atoms with Crippen LogP contribution in [0.4, 0.5) is 4.79 Å². The van der Waals surface area contributed by atoms with Gasteiger partial charge in [-0.3, -0.25) is 14.6 Å². The molecule has 202 valence electrons. The molecule has 1 aromatic rings. The molecule has 1 aromatic carbocycles. The van der Waals surface area contributed by atoms with Crippen molar-refractivity contribution in [3.63, 3.8) is 0 Å². The van der Waals surface area contributed by atoms with E-state index in [9.17, 15) is 14.4 Å². The lowest BCUT2D eigenvalue weighted by Gasteiger charge is -2.41. The summed E-state index contributed by atoms with van der Waals surface area (Å²) >= 11 is 0. The minimum absolute atomic E-state index is 0.185. The summed E-state index contributed by atoms with van der Waals surface area (Å²) in [4.78, 5) is 45.0. The highest BCUT2D eigenvalue weighted by molar-refractivity contribution is 5.95. The molecule has 1 saturated carbocycles. The number of hydrogen-bond donors (Lipinski definition) is 1. The molecule has 2 aliphatic heterocycles. The molecule has 2 fully saturated rings. The van der Waals surface area contributed by atoms with E-state index in [0.717, 1.165) is 19.3 Å². The standard InChI is InChI=1S/C27H38N4O6/c1-5-31-20(17-29-12-14-30(15-13-29)25(32)18-8-7-9-18)23(26(33)37-6-2)24(28-27(31)34)19-10-11-21(35-3)22(16-19)36-4/h10-11,16,18,24H,5-9,12-15,17H2,1-4H3,(H,28,34). The number of piperazine rings is 1. The van der Waals surface area contributed by atoms with E-state index in [-0.39, 0.29) is 24.5 Å². The van der Waals surface area contributed by atoms with Gasteiger partial charge < -0.3 is 24.4 Å². The van der Waals surface area contributed by atoms with Crippen molar-refractivity contribution < 1.29 is 28.6 Å². The number of hydrogen-bond acceptors (Lipinski definition) is 7. The summed E-state index contributed by atoms with van der Waals surface area (Å²) in [5.41, 5.74) is 1.73. The fourth-order valence-electron chi connectivity index (χ4n) is 5.19. The van der Waals surface area contributed by atoms with Gasteiger partial charge in [-0.05, 0) is 44.4 Å². The van der Waals surface area contributed by atoms with Crippen molar-refractivity contribution in [3.05, 3.63) is 35.0 Å². The number of methoxy groups -OCH3 is 2. The van der Waals surface area contributed by atoms with Crippen LogP contribution >= 0.6 is 0 Å². The number of likely N-dealkylation sites (N-methyl/N-ethyl adjacent to an activating group) is 1. The zero-order valence-electron chi connectivity index (χ0n) is 22.2. The second kappa shape index (κ2) is 11.9. The summed E-state index contributed by atoms with van der Waals surface area (Å²) < 4.78 is 16.3. The number of urea groups is 1. The molecule has 1 atom stereocenters. The molecule has 10 heteroatoms. The maximum atomic E-state index is 13.4. The van der Waals surface area contributed by atoms with Crippen molar-refractivity contribution in [2.45, 2.75) is 39.2 Å². The molecule has 2 heterocycles. The van der Waals surface area contributed by atoms with Gasteiger partial charge in [-0.1, -0.05) is 12.5 Å². The first kappa shape index (κ1) is 26.8. The van der Waals surface area contributed by atoms with Crippen LogP contribution in [0.25, 0.3) is 0 Å². The fraction of sp³-hybridized carbons (Fsp3) is 0.593. The van der Waals surface area contributed by atoms with Gasteiger partial charge in [-0.15, -0.1) is 0 Å². The van der Waals surface area contributed by atoms with Crippen LogP contribution < -0.4 is 14.8 Å². The van der Waals surface area contributed by atoms with Gasteiger partial charge in [0.25, 0.3) is 0 Å². The third-order valence-corrected chi connectivity index (χ3v) is 7.50. The van der Waals surface area contributed by atoms with E-state index in [0.29, 0.717) is 67.6 Å². The van der Waals surface area contributed by atoms with Gasteiger partial charge in [0.2, 0.25) is 5.91 Å². The highest BCUT2D eigenvalue weighted by Crippen LogP contribution is 2.36. The number of rotatable bonds is 9. The van der Waals surface area contributed by atoms with E-state index in [2.05, 4.69) is 10.2 Å². The maximum Gasteiger partial charge on any atom is 0.338 e. The Morgan fingerprint density at radius 2 is 1.73 bits per heavy atom. The molecule has 1 aliphatic carbocycles. The van der Waals surface area contributed by atoms with Crippen LogP contribution in [0.5, 0.6) is 11.5 Å². The molecule has 4 rings (SSSR count). The topological polar surface area (TPSA) is 101 Å². The van der Waals surface area contributed by atoms with E-state index < -0.39 is 12.0 Å². The van der Waals surface area contributed by atoms with Crippen LogP contribution in [0, 0.1) is 5.92 Å². The molecule has 1 unspecified atom stereocenters. The van der Waals surface area contributed by atoms with Crippen LogP contribution in [0.3, 0.4) is 0 Å². The van der Waals surface area contributed by atoms with Crippen LogP contribution in [0.15, 0.2) is 29.5 Å². The molecule has 0 aromatic heterocycles. The molecular weight excluding hydrogens is 476 g/mol. The average Bonchev–Trinajstić information content (AvgIpc) is 2.87. The summed E-state index contributed by atoms with van der Waals surface area (Å²) in [6.45, 7) is 7.33. The van der Waals surface area contributed by atoms with Crippen molar-refractivity contribution in [2.24, 2.45) is 5.92 Å². The summed E-state index contributed by atoms with van der Waals surface area (Å²) in [6.07, 6.45) is 3.12. The Balaban J connectivity index is 1.64. The molecule has 1 N–H and O–H groups in total. The summed E-state index contributed by atoms with van der Waals surface area (Å²) in [5, 5.41) is 2.99. The first-order valence-electron chi connectivity index (χ1n) is 13.1. The molecule has 0 spiro atoms. The average molecular weight is 515 g/mol. The number of ether oxygens (including phenoxy) is 3. The van der Waals surface area contributed by atoms with Crippen LogP contribution in [0.2, 0.25) is 0 Å². The van der Waals surface area contributed by atoms with E-state index in [1.807, 2.05) is 17.9 Å². The lowest BCUT2D eigenvalue weighted by molar-refractivity contribution is -0.140. The van der Waals surface area contributed by atoms with E-state index in [1.165, 1.54) is 0 Å². The Morgan fingerprint density at radius 1 is 1.03 bits per heavy atom. The van der Waals surface area contributed by atoms with Gasteiger partial charge in [0, 0.05) is 50.9 Å². The lowest BCUT2D eigenvalue weighted by atomic mass is 9.84. The molecule has 37 heavy (non-hydrogen) atoms. The quantitative estimate of drug-likeness (QED) is 0.506. The molecule has 3 aliphatic rings. The molecule has 0 radical (unpaired) electrons. The predicted molar refractivity (Wildman–Crippen MR) is 137 cm³/mol. The lowest BCUT2D eigenvalue weighted by Crippen LogP contribution is -2.54. The maximum absolute atomic E-state index is 13.4. The van der Waals surface area contributed by atoms with E-state index in [4.69, 9.17) is 14.2 Å². The second-order valence-corrected chi connectivity index (χ2v) is 9.55. The number of benzene rings is 1. The largest absolute Gasteiger partial charge is 0.493 e. The van der Waals surface area contributed by atoms with Crippen LogP contribution in [-0.4, -0.2) is 92.7 Å². The van der Waals surface area contributed by atoms with Gasteiger partial charge >= 0.3 is 12.0 Å². The molecule has 0 bridgehead atoms. The Labute approximate surface area is 218 Å². The Kier molecular flexibility index (Phi) is 8.58. The molecule has 1 saturated heterocycles. The number of nitrogens with one attached hydrogen (secondary N) is 1. The number of nitrogens with zero attached hydrogens (tertiary/aromatic N) is 3. The number of carbonyl (C=O) groups is 3. The van der Waals surface area contributed by atoms with Gasteiger partial charge in [0.1, 0.15) is 0 Å². The zero-order chi connectivity index (χ0) is 26.5. The normalized spacial score (nSPS) is 20.9. The highest BCUT2D eigenvalue weighted by atomic mass is 16.5. The number of amides is 3. The first-order chi connectivity index (χ1) is 17.9. The van der Waals surface area contributed by atoms with Crippen molar-refractivity contribution >= 4 is 17.9 Å². The Hall–Kier alpha value is -3.27. The van der Waals surface area contributed by atoms with Crippen molar-refractivity contribution in [3.8, 4) is 11.5 Å². The van der Waals surface area contributed by atoms with E-state index in [1.54, 1.807) is 38.2 Å². The third kappa shape index (κ3) is 5.53. The molecule has 10 nitrogen and oxygen atoms in total. The highest BCUT2D eigenvalue weighted by Gasteiger charge is 2.39. The third-order valence-electron chi connectivity index (χ3n) is 7.50. The van der Waals surface area contributed by atoms with Gasteiger partial charge in [-0.2, -0.15) is 0 Å². The van der Waals surface area contributed by atoms with Gasteiger partial charge in [0.15, 0.2) is 11.5 Å². The number of esters is 1. The Bertz CT molecular complexity index is 1050. The summed E-state index contributed by atoms with van der Waals surface area (Å²) in [7, 11) is 3.10. The van der Waals surface area contributed by atoms with Crippen LogP contribution in [0.1, 0.15) is 44.7 Å². The fourth-order valence-corrected chi connectivity index (χ4v) is 5.19. The van der Waals surface area contributed by atoms with Crippen molar-refractivity contribution in [1.82, 2.24) is 20.0 Å². The van der Waals surface area contributed by atoms with Crippen molar-refractivity contribution in [1.29, 1.82) is 0 Å². The van der Waals surface area contributed by atoms with Crippen LogP contribution in [-0.2, 0) is 14.3 Å². The minimum Gasteiger partial charge on any atom is -0.493 e. The Morgan fingerprint density at radius 3 is 2.30 bits per heavy atom. The summed E-state index contributed by atoms with van der Waals surface area (Å²) in [6, 6.07) is 4.37. The predicted octanol–water partition coefficient (Wildman–Crippen LogP) is 2.55. The number of carbonyl (C=O) groups excluding carboxylic acids is 3. The van der Waals surface area contributed by atoms with Crippen molar-refractivity contribution in [2.75, 3.05) is 60.1 Å². The zero-order valence-corrected chi connectivity index (χ0v) is 22.2. The monoisotopic (exact) mass is 514 g/mol. The first-order valence-corrected chi connectivity index (χ1v) is 13.1. The molecular formula is C27H38N4O6. The molecule has 3 amide bonds. The smallest absolute Gasteiger partial charge is 0.338 e.